The third-order valence-corrected chi connectivity index (χ3v) is 2.47. The molecule has 1 aromatic carbocycles. The summed E-state index contributed by atoms with van der Waals surface area (Å²) in [5, 5.41) is 18.1. The highest BCUT2D eigenvalue weighted by Gasteiger charge is 2.14. The minimum absolute atomic E-state index is 0.197. The zero-order chi connectivity index (χ0) is 11.5. The van der Waals surface area contributed by atoms with E-state index in [4.69, 9.17) is 10.7 Å². The minimum Gasteiger partial charge on any atom is -0.252 e. The molecule has 0 unspecified atom stereocenters. The lowest BCUT2D eigenvalue weighted by Gasteiger charge is -1.99. The van der Waals surface area contributed by atoms with Crippen molar-refractivity contribution in [1.29, 1.82) is 10.7 Å². The van der Waals surface area contributed by atoms with E-state index in [1.807, 2.05) is 49.5 Å². The van der Waals surface area contributed by atoms with Gasteiger partial charge in [-0.25, -0.2) is 0 Å². The van der Waals surface area contributed by atoms with Crippen LogP contribution >= 0.6 is 0 Å². The van der Waals surface area contributed by atoms with Crippen LogP contribution in [0.2, 0.25) is 0 Å². The summed E-state index contributed by atoms with van der Waals surface area (Å²) in [5.41, 5.74) is 1.11. The molecule has 0 amide bonds. The lowest BCUT2D eigenvalue weighted by atomic mass is 10.1. The van der Waals surface area contributed by atoms with E-state index < -0.39 is 0 Å². The van der Waals surface area contributed by atoms with Gasteiger partial charge in [-0.15, -0.1) is 4.57 Å². The fourth-order valence-corrected chi connectivity index (χ4v) is 1.68. The summed E-state index contributed by atoms with van der Waals surface area (Å²) in [6.07, 6.45) is 1.85. The molecule has 76 valence electrons. The maximum absolute atomic E-state index is 8.89. The van der Waals surface area contributed by atoms with Gasteiger partial charge in [-0.1, -0.05) is 18.2 Å². The maximum atomic E-state index is 8.89. The number of aryl methyl sites for hydroxylation is 1. The first-order valence-corrected chi connectivity index (χ1v) is 4.87. The van der Waals surface area contributed by atoms with Gasteiger partial charge in [0.15, 0.2) is 18.0 Å². The zero-order valence-corrected chi connectivity index (χ0v) is 8.86. The molecule has 1 aromatic heterocycles. The first kappa shape index (κ1) is 10.1. The summed E-state index contributed by atoms with van der Waals surface area (Å²) in [5.74, 6) is 2.14. The third-order valence-electron chi connectivity index (χ3n) is 2.47. The van der Waals surface area contributed by atoms with Crippen molar-refractivity contribution in [3.8, 4) is 6.07 Å². The fraction of sp³-hybridized carbons (Fsp3) is 0.0769. The molecule has 0 fully saturated rings. The number of nitrogens with zero attached hydrogens (tertiary/aromatic N) is 2. The normalized spacial score (nSPS) is 9.50. The molecule has 0 aliphatic rings. The van der Waals surface area contributed by atoms with E-state index in [9.17, 15) is 0 Å². The lowest BCUT2D eigenvalue weighted by Crippen LogP contribution is -2.35. The first-order chi connectivity index (χ1) is 7.76. The molecule has 0 aliphatic carbocycles. The Kier molecular flexibility index (Phi) is 2.51. The van der Waals surface area contributed by atoms with Crippen LogP contribution in [0.4, 0.5) is 0 Å². The van der Waals surface area contributed by atoms with Crippen LogP contribution in [0.25, 0.3) is 16.5 Å². The number of nitrogens with one attached hydrogen (secondary N) is 1. The van der Waals surface area contributed by atoms with Gasteiger partial charge in [-0.2, -0.15) is 5.26 Å². The lowest BCUT2D eigenvalue weighted by molar-refractivity contribution is -0.581. The van der Waals surface area contributed by atoms with Gasteiger partial charge in [-0.05, 0) is 11.5 Å². The maximum Gasteiger partial charge on any atom is 0.351 e. The molecule has 1 heterocycles. The Morgan fingerprint density at radius 2 is 2.00 bits per heavy atom. The first-order valence-electron chi connectivity index (χ1n) is 4.87. The van der Waals surface area contributed by atoms with E-state index in [0.717, 1.165) is 16.5 Å². The van der Waals surface area contributed by atoms with Gasteiger partial charge in [0.05, 0.1) is 5.87 Å². The predicted octanol–water partition coefficient (Wildman–Crippen LogP) is 2.05. The van der Waals surface area contributed by atoms with Crippen molar-refractivity contribution in [2.75, 3.05) is 0 Å². The number of nitriles is 1. The van der Waals surface area contributed by atoms with Gasteiger partial charge in [0.1, 0.15) is 0 Å². The Labute approximate surface area is 93.4 Å². The highest BCUT2D eigenvalue weighted by molar-refractivity contribution is 5.84. The topological polar surface area (TPSA) is 51.5 Å². The van der Waals surface area contributed by atoms with Gasteiger partial charge in [0, 0.05) is 18.4 Å². The SMILES string of the molecule is Cc1cc2ccccc2c[n+]1C(=C=N)C#N. The van der Waals surface area contributed by atoms with Gasteiger partial charge in [0.2, 0.25) is 0 Å². The van der Waals surface area contributed by atoms with Crippen LogP contribution in [-0.4, -0.2) is 5.87 Å². The molecule has 0 saturated heterocycles. The van der Waals surface area contributed by atoms with E-state index in [-0.39, 0.29) is 5.70 Å². The Balaban J connectivity index is 2.78. The van der Waals surface area contributed by atoms with Crippen LogP contribution in [-0.2, 0) is 0 Å². The predicted molar refractivity (Wildman–Crippen MR) is 61.9 cm³/mol. The smallest absolute Gasteiger partial charge is 0.252 e. The molecule has 0 saturated carbocycles. The molecular weight excluding hydrogens is 198 g/mol. The number of aromatic nitrogens is 1. The summed E-state index contributed by atoms with van der Waals surface area (Å²) in [6.45, 7) is 1.90. The molecule has 3 heteroatoms. The average molecular weight is 208 g/mol. The number of pyridine rings is 1. The molecule has 0 spiro atoms. The highest BCUT2D eigenvalue weighted by atomic mass is 15.0. The van der Waals surface area contributed by atoms with Crippen molar-refractivity contribution in [3.05, 3.63) is 42.2 Å². The number of rotatable bonds is 1. The Bertz CT molecular complexity index is 644. The molecule has 0 atom stereocenters. The van der Waals surface area contributed by atoms with Crippen LogP contribution in [0.1, 0.15) is 5.69 Å². The Morgan fingerprint density at radius 1 is 1.31 bits per heavy atom. The number of fused-ring (bicyclic) bond motifs is 1. The molecule has 0 radical (unpaired) electrons. The largest absolute Gasteiger partial charge is 0.351 e. The monoisotopic (exact) mass is 208 g/mol. The third kappa shape index (κ3) is 1.58. The molecule has 3 nitrogen and oxygen atoms in total. The summed E-state index contributed by atoms with van der Waals surface area (Å²) in [6, 6.07) is 11.9. The minimum atomic E-state index is 0.197. The van der Waals surface area contributed by atoms with E-state index in [0.29, 0.717) is 0 Å². The summed E-state index contributed by atoms with van der Waals surface area (Å²) < 4.78 is 1.68. The zero-order valence-electron chi connectivity index (χ0n) is 8.86. The second kappa shape index (κ2) is 3.98. The molecule has 1 N–H and O–H groups in total. The van der Waals surface area contributed by atoms with E-state index in [1.54, 1.807) is 4.57 Å². The van der Waals surface area contributed by atoms with Crippen LogP contribution in [0.5, 0.6) is 0 Å². The second-order valence-electron chi connectivity index (χ2n) is 3.50. The summed E-state index contributed by atoms with van der Waals surface area (Å²) >= 11 is 0. The molecular formula is C13H10N3+. The van der Waals surface area contributed by atoms with Crippen molar-refractivity contribution in [1.82, 2.24) is 0 Å². The van der Waals surface area contributed by atoms with Crippen molar-refractivity contribution < 1.29 is 4.57 Å². The van der Waals surface area contributed by atoms with Gasteiger partial charge in [0.25, 0.3) is 0 Å². The standard InChI is InChI=1S/C13H10N3/c1-10-6-11-4-2-3-5-12(11)9-16(10)13(7-14)8-15/h2-6,9,14H,1H3/q+1. The molecule has 0 aliphatic heterocycles. The van der Waals surface area contributed by atoms with Crippen molar-refractivity contribution in [2.45, 2.75) is 6.92 Å². The number of hydrogen-bond acceptors (Lipinski definition) is 2. The van der Waals surface area contributed by atoms with E-state index in [1.165, 1.54) is 0 Å². The van der Waals surface area contributed by atoms with Crippen LogP contribution in [0.3, 0.4) is 0 Å². The molecule has 0 bridgehead atoms. The summed E-state index contributed by atoms with van der Waals surface area (Å²) in [7, 11) is 0. The van der Waals surface area contributed by atoms with Gasteiger partial charge < -0.3 is 0 Å². The van der Waals surface area contributed by atoms with Crippen molar-refractivity contribution >= 4 is 22.3 Å². The van der Waals surface area contributed by atoms with Gasteiger partial charge in [-0.3, -0.25) is 5.41 Å². The quantitative estimate of drug-likeness (QED) is 0.435. The van der Waals surface area contributed by atoms with Gasteiger partial charge >= 0.3 is 5.70 Å². The fourth-order valence-electron chi connectivity index (χ4n) is 1.68. The van der Waals surface area contributed by atoms with E-state index in [2.05, 4.69) is 5.87 Å². The van der Waals surface area contributed by atoms with Crippen LogP contribution < -0.4 is 4.57 Å². The second-order valence-corrected chi connectivity index (χ2v) is 3.50. The summed E-state index contributed by atoms with van der Waals surface area (Å²) in [4.78, 5) is 0. The molecule has 16 heavy (non-hydrogen) atoms. The Hall–Kier alpha value is -2.43. The van der Waals surface area contributed by atoms with Crippen LogP contribution in [0.15, 0.2) is 36.5 Å². The van der Waals surface area contributed by atoms with E-state index >= 15 is 0 Å². The van der Waals surface area contributed by atoms with Crippen molar-refractivity contribution in [2.24, 2.45) is 0 Å². The molecule has 2 rings (SSSR count). The average Bonchev–Trinajstić information content (AvgIpc) is 2.31. The number of benzene rings is 1. The van der Waals surface area contributed by atoms with Crippen LogP contribution in [0, 0.1) is 23.7 Å². The highest BCUT2D eigenvalue weighted by Crippen LogP contribution is 2.12. The Morgan fingerprint density at radius 3 is 2.62 bits per heavy atom. The van der Waals surface area contributed by atoms with Crippen molar-refractivity contribution in [3.63, 3.8) is 0 Å². The number of allylic oxidation sites excluding steroid dienone is 1. The number of hydrogen-bond donors (Lipinski definition) is 1. The molecule has 2 aromatic rings.